The third kappa shape index (κ3) is 4.79. The molecule has 60 heavy (non-hydrogen) atoms. The lowest BCUT2D eigenvalue weighted by Gasteiger charge is -2.12. The Bertz CT molecular complexity index is 3770. The summed E-state index contributed by atoms with van der Waals surface area (Å²) in [5.41, 5.74) is 15.8. The van der Waals surface area contributed by atoms with Crippen molar-refractivity contribution in [3.63, 3.8) is 0 Å². The van der Waals surface area contributed by atoms with E-state index in [2.05, 4.69) is 220 Å². The largest absolute Gasteiger partial charge is 0.439 e. The monoisotopic (exact) mass is 765 g/mol. The fraction of sp³-hybridized carbons (Fsp3) is 0. The summed E-state index contributed by atoms with van der Waals surface area (Å²) < 4.78 is 13.6. The minimum Gasteiger partial charge on any atom is -0.439 e. The molecular formula is C56H35N3O. The Hall–Kier alpha value is -8.08. The third-order valence-corrected chi connectivity index (χ3v) is 12.5. The number of para-hydroxylation sites is 5. The molecule has 0 saturated carbocycles. The molecule has 4 aromatic heterocycles. The average Bonchev–Trinajstić information content (AvgIpc) is 4.05. The van der Waals surface area contributed by atoms with Crippen LogP contribution in [0.15, 0.2) is 217 Å². The molecule has 4 heteroatoms. The first kappa shape index (κ1) is 32.9. The molecule has 280 valence electrons. The molecule has 13 aromatic rings. The first-order valence-electron chi connectivity index (χ1n) is 20.5. The molecule has 13 rings (SSSR count). The molecule has 4 nitrogen and oxygen atoms in total. The normalized spacial score (nSPS) is 12.0. The second-order valence-electron chi connectivity index (χ2n) is 15.7. The molecular weight excluding hydrogens is 731 g/mol. The Labute approximate surface area is 345 Å². The van der Waals surface area contributed by atoms with Crippen molar-refractivity contribution in [2.24, 2.45) is 0 Å². The predicted octanol–water partition coefficient (Wildman–Crippen LogP) is 15.1. The lowest BCUT2D eigenvalue weighted by molar-refractivity contribution is 0.645. The van der Waals surface area contributed by atoms with E-state index in [4.69, 9.17) is 4.42 Å². The van der Waals surface area contributed by atoms with Crippen molar-refractivity contribution in [1.82, 2.24) is 13.7 Å². The summed E-state index contributed by atoms with van der Waals surface area (Å²) in [6.45, 7) is 0. The zero-order valence-corrected chi connectivity index (χ0v) is 32.5. The maximum absolute atomic E-state index is 6.53. The van der Waals surface area contributed by atoms with E-state index in [-0.39, 0.29) is 0 Å². The fourth-order valence-electron chi connectivity index (χ4n) is 9.76. The molecule has 9 aromatic carbocycles. The molecule has 0 fully saturated rings. The summed E-state index contributed by atoms with van der Waals surface area (Å²) in [6.07, 6.45) is 0. The number of hydrogen-bond donors (Lipinski definition) is 0. The van der Waals surface area contributed by atoms with E-state index in [1.165, 1.54) is 71.3 Å². The van der Waals surface area contributed by atoms with Gasteiger partial charge in [0, 0.05) is 49.4 Å². The molecule has 0 N–H and O–H groups in total. The van der Waals surface area contributed by atoms with Crippen molar-refractivity contribution in [3.05, 3.63) is 212 Å². The van der Waals surface area contributed by atoms with E-state index in [1.807, 2.05) is 6.07 Å². The van der Waals surface area contributed by atoms with Gasteiger partial charge in [-0.1, -0.05) is 133 Å². The highest BCUT2D eigenvalue weighted by molar-refractivity contribution is 6.20. The first-order chi connectivity index (χ1) is 29.8. The van der Waals surface area contributed by atoms with Crippen molar-refractivity contribution >= 4 is 76.6 Å². The van der Waals surface area contributed by atoms with E-state index in [9.17, 15) is 0 Å². The molecule has 4 heterocycles. The Morgan fingerprint density at radius 2 is 0.750 bits per heavy atom. The number of rotatable bonds is 5. The predicted molar refractivity (Wildman–Crippen MR) is 250 cm³/mol. The van der Waals surface area contributed by atoms with Gasteiger partial charge >= 0.3 is 0 Å². The van der Waals surface area contributed by atoms with Gasteiger partial charge in [-0.2, -0.15) is 0 Å². The maximum atomic E-state index is 6.53. The van der Waals surface area contributed by atoms with Gasteiger partial charge in [0.1, 0.15) is 5.58 Å². The molecule has 0 atom stereocenters. The van der Waals surface area contributed by atoms with Gasteiger partial charge in [-0.25, -0.2) is 0 Å². The van der Waals surface area contributed by atoms with Gasteiger partial charge < -0.3 is 13.6 Å². The lowest BCUT2D eigenvalue weighted by Crippen LogP contribution is -1.96. The number of furan rings is 1. The van der Waals surface area contributed by atoms with Gasteiger partial charge in [0.25, 0.3) is 0 Å². The summed E-state index contributed by atoms with van der Waals surface area (Å²) >= 11 is 0. The molecule has 0 unspecified atom stereocenters. The summed E-state index contributed by atoms with van der Waals surface area (Å²) in [4.78, 5) is 0. The van der Waals surface area contributed by atoms with Crippen LogP contribution in [0.4, 0.5) is 0 Å². The molecule has 0 spiro atoms. The van der Waals surface area contributed by atoms with Crippen molar-refractivity contribution in [2.75, 3.05) is 0 Å². The number of benzene rings is 9. The Morgan fingerprint density at radius 3 is 1.43 bits per heavy atom. The average molecular weight is 766 g/mol. The number of fused-ring (bicyclic) bond motifs is 11. The van der Waals surface area contributed by atoms with E-state index in [0.717, 1.165) is 44.6 Å². The second-order valence-corrected chi connectivity index (χ2v) is 15.7. The van der Waals surface area contributed by atoms with E-state index >= 15 is 0 Å². The molecule has 0 saturated heterocycles. The van der Waals surface area contributed by atoms with Gasteiger partial charge in [-0.3, -0.25) is 4.57 Å². The van der Waals surface area contributed by atoms with Crippen molar-refractivity contribution in [3.8, 4) is 39.3 Å². The zero-order valence-electron chi connectivity index (χ0n) is 32.5. The van der Waals surface area contributed by atoms with Gasteiger partial charge in [-0.15, -0.1) is 0 Å². The second kappa shape index (κ2) is 12.7. The lowest BCUT2D eigenvalue weighted by atomic mass is 9.98. The van der Waals surface area contributed by atoms with Gasteiger partial charge in [0.2, 0.25) is 5.71 Å². The summed E-state index contributed by atoms with van der Waals surface area (Å²) in [7, 11) is 0. The fourth-order valence-corrected chi connectivity index (χ4v) is 9.76. The SMILES string of the molecule is c1ccc(-n2c3ccc(-c4ccc(-c5cccc(-n6c7ccccc7c7cc(-n8c9ccccc9c9ccccc98)ccc76)c5)cc4)cc3c3c4ccccc4oc32)cc1. The standard InChI is InChI=1S/C56H35N3O/c1-2-14-40(15-3-1)59-53-31-29-39(34-48(53)55-46-20-7-11-24-54(46)60-56(55)59)37-27-25-36(26-28-37)38-13-12-16-41(33-38)57-51-23-10-6-19-45(51)47-35-42(30-32-52(47)57)58-49-21-8-4-17-43(49)44-18-5-9-22-50(44)58/h1-35H. The van der Waals surface area contributed by atoms with Crippen LogP contribution in [-0.2, 0) is 0 Å². The first-order valence-corrected chi connectivity index (χ1v) is 20.5. The molecule has 0 aliphatic carbocycles. The van der Waals surface area contributed by atoms with Crippen LogP contribution in [0.2, 0.25) is 0 Å². The van der Waals surface area contributed by atoms with Gasteiger partial charge in [-0.05, 0) is 101 Å². The van der Waals surface area contributed by atoms with Crippen LogP contribution < -0.4 is 0 Å². The Kier molecular flexibility index (Phi) is 6.98. The van der Waals surface area contributed by atoms with E-state index in [1.54, 1.807) is 0 Å². The van der Waals surface area contributed by atoms with Gasteiger partial charge in [0.05, 0.1) is 33.0 Å². The maximum Gasteiger partial charge on any atom is 0.213 e. The molecule has 0 amide bonds. The summed E-state index contributed by atoms with van der Waals surface area (Å²) in [5, 5.41) is 8.47. The van der Waals surface area contributed by atoms with Gasteiger partial charge in [0.15, 0.2) is 0 Å². The van der Waals surface area contributed by atoms with Crippen LogP contribution in [0.1, 0.15) is 0 Å². The van der Waals surface area contributed by atoms with Crippen LogP contribution in [0.3, 0.4) is 0 Å². The molecule has 0 aliphatic heterocycles. The molecule has 0 bridgehead atoms. The third-order valence-electron chi connectivity index (χ3n) is 12.5. The highest BCUT2D eigenvalue weighted by Crippen LogP contribution is 2.41. The highest BCUT2D eigenvalue weighted by Gasteiger charge is 2.20. The number of aromatic nitrogens is 3. The smallest absolute Gasteiger partial charge is 0.213 e. The minimum absolute atomic E-state index is 0.872. The summed E-state index contributed by atoms with van der Waals surface area (Å²) in [5.74, 6) is 0. The molecule has 0 aliphatic rings. The van der Waals surface area contributed by atoms with Crippen LogP contribution >= 0.6 is 0 Å². The zero-order chi connectivity index (χ0) is 39.3. The minimum atomic E-state index is 0.872. The Morgan fingerprint density at radius 1 is 0.267 bits per heavy atom. The van der Waals surface area contributed by atoms with Crippen molar-refractivity contribution < 1.29 is 4.42 Å². The van der Waals surface area contributed by atoms with Crippen LogP contribution in [0.5, 0.6) is 0 Å². The van der Waals surface area contributed by atoms with Crippen molar-refractivity contribution in [2.45, 2.75) is 0 Å². The molecule has 0 radical (unpaired) electrons. The van der Waals surface area contributed by atoms with Crippen LogP contribution in [0.25, 0.3) is 116 Å². The van der Waals surface area contributed by atoms with Crippen LogP contribution in [0, 0.1) is 0 Å². The number of hydrogen-bond acceptors (Lipinski definition) is 1. The van der Waals surface area contributed by atoms with Crippen LogP contribution in [-0.4, -0.2) is 13.7 Å². The van der Waals surface area contributed by atoms with Crippen molar-refractivity contribution in [1.29, 1.82) is 0 Å². The van der Waals surface area contributed by atoms with E-state index < -0.39 is 0 Å². The topological polar surface area (TPSA) is 27.9 Å². The van der Waals surface area contributed by atoms with E-state index in [0.29, 0.717) is 0 Å². The quantitative estimate of drug-likeness (QED) is 0.171. The highest BCUT2D eigenvalue weighted by atomic mass is 16.3. The Balaban J connectivity index is 0.897. The summed E-state index contributed by atoms with van der Waals surface area (Å²) in [6, 6.07) is 76.7. The number of nitrogens with zero attached hydrogens (tertiary/aromatic N) is 3.